The fraction of sp³-hybridized carbons (Fsp3) is 0.684. The summed E-state index contributed by atoms with van der Waals surface area (Å²) in [6, 6.07) is 10.5. The van der Waals surface area contributed by atoms with Crippen molar-refractivity contribution in [3.05, 3.63) is 30.3 Å². The average molecular weight is 285 g/mol. The first kappa shape index (κ1) is 13.6. The van der Waals surface area contributed by atoms with Crippen molar-refractivity contribution in [2.24, 2.45) is 23.2 Å². The van der Waals surface area contributed by atoms with Crippen molar-refractivity contribution in [3.63, 3.8) is 0 Å². The smallest absolute Gasteiger partial charge is 0.0771 e. The zero-order chi connectivity index (χ0) is 14.4. The Morgan fingerprint density at radius 3 is 2.10 bits per heavy atom. The summed E-state index contributed by atoms with van der Waals surface area (Å²) >= 11 is 0. The maximum atomic E-state index is 11.0. The van der Waals surface area contributed by atoms with Gasteiger partial charge in [0.15, 0.2) is 0 Å². The van der Waals surface area contributed by atoms with Crippen LogP contribution < -0.4 is 4.90 Å². The zero-order valence-corrected chi connectivity index (χ0v) is 13.0. The lowest BCUT2D eigenvalue weighted by molar-refractivity contribution is -0.116. The van der Waals surface area contributed by atoms with E-state index in [2.05, 4.69) is 36.2 Å². The van der Waals surface area contributed by atoms with Crippen LogP contribution in [0.1, 0.15) is 38.5 Å². The predicted octanol–water partition coefficient (Wildman–Crippen LogP) is 3.70. The number of hydrogen-bond donors (Lipinski definition) is 1. The van der Waals surface area contributed by atoms with Gasteiger partial charge in [-0.15, -0.1) is 0 Å². The summed E-state index contributed by atoms with van der Waals surface area (Å²) in [5.41, 5.74) is 1.44. The van der Waals surface area contributed by atoms with Crippen molar-refractivity contribution in [3.8, 4) is 0 Å². The molecule has 1 atom stereocenters. The highest BCUT2D eigenvalue weighted by atomic mass is 16.3. The molecule has 1 unspecified atom stereocenters. The minimum atomic E-state index is -0.170. The van der Waals surface area contributed by atoms with Gasteiger partial charge in [0.2, 0.25) is 0 Å². The summed E-state index contributed by atoms with van der Waals surface area (Å²) in [5, 5.41) is 11.0. The highest BCUT2D eigenvalue weighted by Gasteiger charge is 2.53. The second-order valence-corrected chi connectivity index (χ2v) is 8.01. The van der Waals surface area contributed by atoms with Crippen LogP contribution in [0.2, 0.25) is 0 Å². The van der Waals surface area contributed by atoms with Crippen LogP contribution in [0.3, 0.4) is 0 Å². The van der Waals surface area contributed by atoms with Crippen molar-refractivity contribution in [2.45, 2.75) is 44.6 Å². The number of hydrogen-bond acceptors (Lipinski definition) is 2. The number of likely N-dealkylation sites (N-methyl/N-ethyl adjacent to an activating group) is 1. The molecule has 114 valence electrons. The van der Waals surface area contributed by atoms with E-state index < -0.39 is 0 Å². The molecule has 4 aliphatic rings. The monoisotopic (exact) mass is 285 g/mol. The highest BCUT2D eigenvalue weighted by molar-refractivity contribution is 5.45. The van der Waals surface area contributed by atoms with Crippen LogP contribution in [0.5, 0.6) is 0 Å². The van der Waals surface area contributed by atoms with Gasteiger partial charge in [0.05, 0.1) is 6.10 Å². The molecule has 0 aliphatic heterocycles. The maximum absolute atomic E-state index is 11.0. The van der Waals surface area contributed by atoms with Gasteiger partial charge >= 0.3 is 0 Å². The molecule has 0 aromatic heterocycles. The quantitative estimate of drug-likeness (QED) is 0.912. The molecule has 2 heteroatoms. The van der Waals surface area contributed by atoms with Gasteiger partial charge in [-0.25, -0.2) is 0 Å². The maximum Gasteiger partial charge on any atom is 0.0771 e. The van der Waals surface area contributed by atoms with E-state index in [0.29, 0.717) is 0 Å². The number of anilines is 1. The van der Waals surface area contributed by atoms with E-state index in [4.69, 9.17) is 0 Å². The Kier molecular flexibility index (Phi) is 3.25. The van der Waals surface area contributed by atoms with Crippen LogP contribution in [-0.4, -0.2) is 24.8 Å². The minimum Gasteiger partial charge on any atom is -0.391 e. The molecule has 4 fully saturated rings. The molecule has 1 N–H and O–H groups in total. The fourth-order valence-corrected chi connectivity index (χ4v) is 5.83. The molecule has 0 amide bonds. The van der Waals surface area contributed by atoms with Crippen LogP contribution in [0.4, 0.5) is 5.69 Å². The Bertz CT molecular complexity index is 462. The van der Waals surface area contributed by atoms with Gasteiger partial charge in [-0.1, -0.05) is 18.2 Å². The predicted molar refractivity (Wildman–Crippen MR) is 86.3 cm³/mol. The van der Waals surface area contributed by atoms with Crippen LogP contribution in [0.25, 0.3) is 0 Å². The van der Waals surface area contributed by atoms with Gasteiger partial charge in [-0.3, -0.25) is 0 Å². The SMILES string of the molecule is CN(CC(O)C12CC3CC(CC(C3)C1)C2)c1ccccc1. The van der Waals surface area contributed by atoms with Gasteiger partial charge in [0.1, 0.15) is 0 Å². The van der Waals surface area contributed by atoms with Crippen molar-refractivity contribution in [2.75, 3.05) is 18.5 Å². The first-order valence-corrected chi connectivity index (χ1v) is 8.59. The minimum absolute atomic E-state index is 0.170. The standard InChI is InChI=1S/C19H27NO/c1-20(17-5-3-2-4-6-17)13-18(21)19-10-14-7-15(11-19)9-16(8-14)12-19/h2-6,14-16,18,21H,7-13H2,1H3. The molecule has 4 saturated carbocycles. The molecule has 4 aliphatic carbocycles. The van der Waals surface area contributed by atoms with Crippen molar-refractivity contribution < 1.29 is 5.11 Å². The summed E-state index contributed by atoms with van der Waals surface area (Å²) < 4.78 is 0. The van der Waals surface area contributed by atoms with Crippen LogP contribution in [0, 0.1) is 23.2 Å². The van der Waals surface area contributed by atoms with E-state index in [0.717, 1.165) is 24.3 Å². The van der Waals surface area contributed by atoms with Gasteiger partial charge in [-0.05, 0) is 73.8 Å². The molecule has 0 spiro atoms. The molecule has 1 aromatic rings. The van der Waals surface area contributed by atoms with E-state index in [1.165, 1.54) is 44.2 Å². The molecule has 2 nitrogen and oxygen atoms in total. The Morgan fingerprint density at radius 2 is 1.57 bits per heavy atom. The van der Waals surface area contributed by atoms with Crippen LogP contribution >= 0.6 is 0 Å². The number of nitrogens with zero attached hydrogens (tertiary/aromatic N) is 1. The molecule has 1 aromatic carbocycles. The van der Waals surface area contributed by atoms with Crippen LogP contribution in [-0.2, 0) is 0 Å². The second kappa shape index (κ2) is 5.01. The topological polar surface area (TPSA) is 23.5 Å². The summed E-state index contributed by atoms with van der Waals surface area (Å²) in [7, 11) is 2.11. The first-order chi connectivity index (χ1) is 10.1. The van der Waals surface area contributed by atoms with Crippen LogP contribution in [0.15, 0.2) is 30.3 Å². The third kappa shape index (κ3) is 2.38. The third-order valence-electron chi connectivity index (χ3n) is 6.44. The average Bonchev–Trinajstić information content (AvgIpc) is 2.46. The molecular weight excluding hydrogens is 258 g/mol. The Morgan fingerprint density at radius 1 is 1.05 bits per heavy atom. The summed E-state index contributed by atoms with van der Waals surface area (Å²) in [5.74, 6) is 2.73. The normalized spacial score (nSPS) is 38.5. The lowest BCUT2D eigenvalue weighted by atomic mass is 9.48. The van der Waals surface area contributed by atoms with E-state index in [9.17, 15) is 5.11 Å². The van der Waals surface area contributed by atoms with Gasteiger partial charge in [-0.2, -0.15) is 0 Å². The zero-order valence-electron chi connectivity index (χ0n) is 13.0. The van der Waals surface area contributed by atoms with Gasteiger partial charge in [0.25, 0.3) is 0 Å². The third-order valence-corrected chi connectivity index (χ3v) is 6.44. The van der Waals surface area contributed by atoms with E-state index in [1.54, 1.807) is 0 Å². The highest BCUT2D eigenvalue weighted by Crippen LogP contribution is 2.61. The van der Waals surface area contributed by atoms with E-state index >= 15 is 0 Å². The molecular formula is C19H27NO. The summed E-state index contributed by atoms with van der Waals surface area (Å²) in [6.45, 7) is 0.774. The first-order valence-electron chi connectivity index (χ1n) is 8.59. The molecule has 0 saturated heterocycles. The van der Waals surface area contributed by atoms with Crippen molar-refractivity contribution in [1.29, 1.82) is 0 Å². The largest absolute Gasteiger partial charge is 0.391 e. The lowest BCUT2D eigenvalue weighted by Crippen LogP contribution is -2.54. The Labute approximate surface area is 128 Å². The van der Waals surface area contributed by atoms with Crippen molar-refractivity contribution >= 4 is 5.69 Å². The fourth-order valence-electron chi connectivity index (χ4n) is 5.83. The number of benzene rings is 1. The molecule has 4 bridgehead atoms. The van der Waals surface area contributed by atoms with Gasteiger partial charge < -0.3 is 10.0 Å². The lowest BCUT2D eigenvalue weighted by Gasteiger charge is -2.58. The number of para-hydroxylation sites is 1. The molecule has 5 rings (SSSR count). The number of aliphatic hydroxyl groups is 1. The van der Waals surface area contributed by atoms with Gasteiger partial charge in [0, 0.05) is 19.3 Å². The van der Waals surface area contributed by atoms with E-state index in [1.807, 2.05) is 6.07 Å². The Balaban J connectivity index is 1.49. The van der Waals surface area contributed by atoms with Crippen molar-refractivity contribution in [1.82, 2.24) is 0 Å². The second-order valence-electron chi connectivity index (χ2n) is 8.01. The Hall–Kier alpha value is -1.02. The van der Waals surface area contributed by atoms with E-state index in [-0.39, 0.29) is 11.5 Å². The number of rotatable bonds is 4. The summed E-state index contributed by atoms with van der Waals surface area (Å²) in [6.07, 6.45) is 8.01. The molecule has 0 heterocycles. The molecule has 21 heavy (non-hydrogen) atoms. The summed E-state index contributed by atoms with van der Waals surface area (Å²) in [4.78, 5) is 2.23. The number of aliphatic hydroxyl groups excluding tert-OH is 1. The molecule has 0 radical (unpaired) electrons.